The van der Waals surface area contributed by atoms with Crippen molar-refractivity contribution in [3.05, 3.63) is 14.7 Å². The number of hydrogen-bond donors (Lipinski definition) is 2. The fourth-order valence-corrected chi connectivity index (χ4v) is 5.34. The van der Waals surface area contributed by atoms with Crippen LogP contribution in [0.1, 0.15) is 24.6 Å². The lowest BCUT2D eigenvalue weighted by Gasteiger charge is -2.11. The highest BCUT2D eigenvalue weighted by Crippen LogP contribution is 2.38. The summed E-state index contributed by atoms with van der Waals surface area (Å²) in [6, 6.07) is 1.50. The van der Waals surface area contributed by atoms with Crippen LogP contribution >= 0.6 is 27.3 Å². The molecule has 0 atom stereocenters. The molecule has 0 spiro atoms. The van der Waals surface area contributed by atoms with Crippen LogP contribution in [0.25, 0.3) is 0 Å². The molecule has 2 rings (SSSR count). The maximum absolute atomic E-state index is 12.0. The average Bonchev–Trinajstić information content (AvgIpc) is 2.76. The SMILES string of the molecule is CC1(NS(=O)(=O)c2cc(CO)sc2Br)CC1. The van der Waals surface area contributed by atoms with Crippen molar-refractivity contribution < 1.29 is 13.5 Å². The van der Waals surface area contributed by atoms with Crippen molar-refractivity contribution in [1.29, 1.82) is 0 Å². The summed E-state index contributed by atoms with van der Waals surface area (Å²) in [5.74, 6) is 0. The van der Waals surface area contributed by atoms with E-state index in [0.717, 1.165) is 12.8 Å². The molecule has 0 radical (unpaired) electrons. The molecule has 2 N–H and O–H groups in total. The van der Waals surface area contributed by atoms with Crippen molar-refractivity contribution in [1.82, 2.24) is 4.72 Å². The normalized spacial score (nSPS) is 18.7. The third-order valence-corrected chi connectivity index (χ3v) is 6.41. The van der Waals surface area contributed by atoms with Gasteiger partial charge in [0.25, 0.3) is 0 Å². The summed E-state index contributed by atoms with van der Waals surface area (Å²) < 4.78 is 27.2. The predicted molar refractivity (Wildman–Crippen MR) is 65.9 cm³/mol. The zero-order valence-electron chi connectivity index (χ0n) is 8.66. The number of aliphatic hydroxyl groups is 1. The molecule has 7 heteroatoms. The third kappa shape index (κ3) is 2.48. The molecule has 1 fully saturated rings. The van der Waals surface area contributed by atoms with E-state index in [1.54, 1.807) is 0 Å². The van der Waals surface area contributed by atoms with Gasteiger partial charge in [0.15, 0.2) is 0 Å². The van der Waals surface area contributed by atoms with E-state index in [2.05, 4.69) is 20.7 Å². The Bertz CT molecular complexity index is 505. The quantitative estimate of drug-likeness (QED) is 0.887. The molecule has 0 bridgehead atoms. The molecule has 1 aromatic rings. The van der Waals surface area contributed by atoms with Gasteiger partial charge in [-0.1, -0.05) is 0 Å². The van der Waals surface area contributed by atoms with Crippen molar-refractivity contribution in [2.24, 2.45) is 0 Å². The molecular weight excluding hydrogens is 314 g/mol. The Morgan fingerprint density at radius 3 is 2.69 bits per heavy atom. The summed E-state index contributed by atoms with van der Waals surface area (Å²) in [6.07, 6.45) is 1.75. The van der Waals surface area contributed by atoms with E-state index in [1.165, 1.54) is 17.4 Å². The minimum atomic E-state index is -3.47. The lowest BCUT2D eigenvalue weighted by molar-refractivity contribution is 0.285. The highest BCUT2D eigenvalue weighted by Gasteiger charge is 2.41. The highest BCUT2D eigenvalue weighted by molar-refractivity contribution is 9.11. The molecule has 0 aromatic carbocycles. The van der Waals surface area contributed by atoms with Gasteiger partial charge in [-0.3, -0.25) is 0 Å². The molecule has 1 saturated carbocycles. The molecule has 0 saturated heterocycles. The molecule has 0 aliphatic heterocycles. The van der Waals surface area contributed by atoms with Crippen LogP contribution in [0, 0.1) is 0 Å². The maximum Gasteiger partial charge on any atom is 0.243 e. The number of halogens is 1. The van der Waals surface area contributed by atoms with Crippen molar-refractivity contribution in [2.45, 2.75) is 36.8 Å². The molecule has 1 heterocycles. The fourth-order valence-electron chi connectivity index (χ4n) is 1.33. The molecule has 0 unspecified atom stereocenters. The molecule has 90 valence electrons. The van der Waals surface area contributed by atoms with Crippen LogP contribution in [0.4, 0.5) is 0 Å². The maximum atomic E-state index is 12.0. The van der Waals surface area contributed by atoms with Gasteiger partial charge in [-0.15, -0.1) is 11.3 Å². The van der Waals surface area contributed by atoms with Gasteiger partial charge >= 0.3 is 0 Å². The first kappa shape index (κ1) is 12.5. The van der Waals surface area contributed by atoms with Crippen LogP contribution < -0.4 is 4.72 Å². The standard InChI is InChI=1S/C9H12BrNO3S2/c1-9(2-3-9)11-16(13,14)7-4-6(5-12)15-8(7)10/h4,11-12H,2-3,5H2,1H3. The summed E-state index contributed by atoms with van der Waals surface area (Å²) in [7, 11) is -3.47. The first-order valence-corrected chi connectivity index (χ1v) is 7.89. The minimum Gasteiger partial charge on any atom is -0.391 e. The smallest absolute Gasteiger partial charge is 0.243 e. The minimum absolute atomic E-state index is 0.143. The Morgan fingerprint density at radius 2 is 2.25 bits per heavy atom. The zero-order chi connectivity index (χ0) is 12.0. The van der Waals surface area contributed by atoms with E-state index >= 15 is 0 Å². The van der Waals surface area contributed by atoms with E-state index in [4.69, 9.17) is 5.11 Å². The molecule has 1 aliphatic carbocycles. The van der Waals surface area contributed by atoms with E-state index in [-0.39, 0.29) is 17.0 Å². The van der Waals surface area contributed by atoms with E-state index in [1.807, 2.05) is 6.92 Å². The van der Waals surface area contributed by atoms with Gasteiger partial charge in [0.05, 0.1) is 10.4 Å². The lowest BCUT2D eigenvalue weighted by Crippen LogP contribution is -2.34. The average molecular weight is 326 g/mol. The Labute approximate surface area is 107 Å². The highest BCUT2D eigenvalue weighted by atomic mass is 79.9. The van der Waals surface area contributed by atoms with Crippen molar-refractivity contribution in [3.63, 3.8) is 0 Å². The second-order valence-electron chi connectivity index (χ2n) is 4.17. The number of nitrogens with one attached hydrogen (secondary N) is 1. The van der Waals surface area contributed by atoms with Gasteiger partial charge in [-0.2, -0.15) is 0 Å². The second kappa shape index (κ2) is 4.06. The third-order valence-electron chi connectivity index (χ3n) is 2.53. The predicted octanol–water partition coefficient (Wildman–Crippen LogP) is 1.83. The fraction of sp³-hybridized carbons (Fsp3) is 0.556. The van der Waals surface area contributed by atoms with Crippen LogP contribution in [0.5, 0.6) is 0 Å². The summed E-state index contributed by atoms with van der Waals surface area (Å²) in [6.45, 7) is 1.74. The van der Waals surface area contributed by atoms with Crippen molar-refractivity contribution in [2.75, 3.05) is 0 Å². The number of sulfonamides is 1. The lowest BCUT2D eigenvalue weighted by atomic mass is 10.4. The van der Waals surface area contributed by atoms with Crippen LogP contribution in [-0.2, 0) is 16.6 Å². The molecule has 4 nitrogen and oxygen atoms in total. The number of aliphatic hydroxyl groups excluding tert-OH is 1. The summed E-state index contributed by atoms with van der Waals surface area (Å²) >= 11 is 4.45. The summed E-state index contributed by atoms with van der Waals surface area (Å²) in [5, 5.41) is 8.96. The Hall–Kier alpha value is 0.0500. The van der Waals surface area contributed by atoms with E-state index in [0.29, 0.717) is 8.66 Å². The van der Waals surface area contributed by atoms with Gasteiger partial charge < -0.3 is 5.11 Å². The summed E-state index contributed by atoms with van der Waals surface area (Å²) in [4.78, 5) is 0.850. The second-order valence-corrected chi connectivity index (χ2v) is 8.28. The molecule has 1 aliphatic rings. The van der Waals surface area contributed by atoms with Gasteiger partial charge in [0.1, 0.15) is 4.90 Å². The monoisotopic (exact) mass is 325 g/mol. The molecule has 1 aromatic heterocycles. The van der Waals surface area contributed by atoms with Gasteiger partial charge in [-0.25, -0.2) is 13.1 Å². The number of rotatable bonds is 4. The topological polar surface area (TPSA) is 66.4 Å². The zero-order valence-corrected chi connectivity index (χ0v) is 11.9. The van der Waals surface area contributed by atoms with E-state index in [9.17, 15) is 8.42 Å². The van der Waals surface area contributed by atoms with Crippen molar-refractivity contribution >= 4 is 37.3 Å². The van der Waals surface area contributed by atoms with E-state index < -0.39 is 10.0 Å². The number of hydrogen-bond acceptors (Lipinski definition) is 4. The van der Waals surface area contributed by atoms with Crippen LogP contribution in [-0.4, -0.2) is 19.1 Å². The Kier molecular flexibility index (Phi) is 3.17. The van der Waals surface area contributed by atoms with Crippen LogP contribution in [0.2, 0.25) is 0 Å². The first-order chi connectivity index (χ1) is 7.36. The Balaban J connectivity index is 2.31. The largest absolute Gasteiger partial charge is 0.391 e. The summed E-state index contributed by atoms with van der Waals surface area (Å²) in [5.41, 5.74) is -0.278. The van der Waals surface area contributed by atoms with Crippen molar-refractivity contribution in [3.8, 4) is 0 Å². The van der Waals surface area contributed by atoms with Gasteiger partial charge in [0, 0.05) is 10.4 Å². The molecule has 16 heavy (non-hydrogen) atoms. The van der Waals surface area contributed by atoms with Gasteiger partial charge in [0.2, 0.25) is 10.0 Å². The first-order valence-electron chi connectivity index (χ1n) is 4.79. The Morgan fingerprint density at radius 1 is 1.62 bits per heavy atom. The molecule has 0 amide bonds. The van der Waals surface area contributed by atoms with Gasteiger partial charge in [-0.05, 0) is 41.8 Å². The molecular formula is C9H12BrNO3S2. The number of thiophene rings is 1. The van der Waals surface area contributed by atoms with Crippen LogP contribution in [0.15, 0.2) is 14.7 Å². The van der Waals surface area contributed by atoms with Crippen LogP contribution in [0.3, 0.4) is 0 Å².